The summed E-state index contributed by atoms with van der Waals surface area (Å²) in [6, 6.07) is 1.76. The van der Waals surface area contributed by atoms with Gasteiger partial charge in [-0.25, -0.2) is 13.1 Å². The molecule has 1 aromatic rings. The van der Waals surface area contributed by atoms with E-state index in [0.29, 0.717) is 11.5 Å². The van der Waals surface area contributed by atoms with Crippen LogP contribution < -0.4 is 10.0 Å². The number of nitrogens with one attached hydrogen (secondary N) is 2. The quantitative estimate of drug-likeness (QED) is 0.836. The number of piperidine rings is 1. The van der Waals surface area contributed by atoms with Crippen LogP contribution in [0.2, 0.25) is 0 Å². The van der Waals surface area contributed by atoms with Crippen LogP contribution in [0, 0.1) is 6.92 Å². The van der Waals surface area contributed by atoms with E-state index in [-0.39, 0.29) is 17.8 Å². The highest BCUT2D eigenvalue weighted by atomic mass is 32.2. The standard InChI is InChI=1S/C11H19N3O3S/c1-8-6-10(13-17-8)7-18(15,16)14-11-4-3-5-12-9(11)2/h6,9,11-12,14H,3-5,7H2,1-2H3. The Kier molecular flexibility index (Phi) is 4.04. The van der Waals surface area contributed by atoms with Gasteiger partial charge in [0, 0.05) is 18.2 Å². The molecule has 2 atom stereocenters. The highest BCUT2D eigenvalue weighted by Gasteiger charge is 2.26. The van der Waals surface area contributed by atoms with Gasteiger partial charge in [0.15, 0.2) is 0 Å². The molecule has 1 aliphatic heterocycles. The fourth-order valence-corrected chi connectivity index (χ4v) is 3.55. The first-order valence-electron chi connectivity index (χ1n) is 6.12. The third kappa shape index (κ3) is 3.54. The summed E-state index contributed by atoms with van der Waals surface area (Å²) < 4.78 is 31.6. The average Bonchev–Trinajstić information content (AvgIpc) is 2.66. The molecular formula is C11H19N3O3S. The summed E-state index contributed by atoms with van der Waals surface area (Å²) in [7, 11) is -3.37. The largest absolute Gasteiger partial charge is 0.361 e. The SMILES string of the molecule is Cc1cc(CS(=O)(=O)NC2CCCNC2C)no1. The van der Waals surface area contributed by atoms with E-state index in [9.17, 15) is 8.42 Å². The molecule has 6 nitrogen and oxygen atoms in total. The van der Waals surface area contributed by atoms with Crippen molar-refractivity contribution in [1.82, 2.24) is 15.2 Å². The van der Waals surface area contributed by atoms with Gasteiger partial charge in [0.2, 0.25) is 10.0 Å². The Bertz CT molecular complexity index is 497. The number of aryl methyl sites for hydroxylation is 1. The monoisotopic (exact) mass is 273 g/mol. The zero-order valence-corrected chi connectivity index (χ0v) is 11.5. The normalized spacial score (nSPS) is 25.2. The van der Waals surface area contributed by atoms with Crippen molar-refractivity contribution in [3.63, 3.8) is 0 Å². The molecule has 1 saturated heterocycles. The Hall–Kier alpha value is -0.920. The smallest absolute Gasteiger partial charge is 0.217 e. The third-order valence-corrected chi connectivity index (χ3v) is 4.45. The summed E-state index contributed by atoms with van der Waals surface area (Å²) in [6.45, 7) is 4.68. The summed E-state index contributed by atoms with van der Waals surface area (Å²) in [5, 5.41) is 6.96. The van der Waals surface area contributed by atoms with Crippen molar-refractivity contribution in [1.29, 1.82) is 0 Å². The second-order valence-corrected chi connectivity index (χ2v) is 6.55. The van der Waals surface area contributed by atoms with Crippen molar-refractivity contribution in [2.75, 3.05) is 6.54 Å². The van der Waals surface area contributed by atoms with Crippen molar-refractivity contribution < 1.29 is 12.9 Å². The molecule has 0 amide bonds. The average molecular weight is 273 g/mol. The predicted molar refractivity (Wildman–Crippen MR) is 67.5 cm³/mol. The molecule has 0 saturated carbocycles. The first-order chi connectivity index (χ1) is 8.46. The van der Waals surface area contributed by atoms with E-state index in [0.717, 1.165) is 19.4 Å². The lowest BCUT2D eigenvalue weighted by atomic mass is 10.0. The second kappa shape index (κ2) is 5.38. The summed E-state index contributed by atoms with van der Waals surface area (Å²) in [5.74, 6) is 0.487. The van der Waals surface area contributed by atoms with Gasteiger partial charge in [0.05, 0.1) is 0 Å². The van der Waals surface area contributed by atoms with E-state index < -0.39 is 10.0 Å². The molecule has 2 unspecified atom stereocenters. The minimum atomic E-state index is -3.37. The van der Waals surface area contributed by atoms with Crippen LogP contribution in [0.1, 0.15) is 31.2 Å². The zero-order chi connectivity index (χ0) is 13.2. The van der Waals surface area contributed by atoms with E-state index in [1.54, 1.807) is 13.0 Å². The van der Waals surface area contributed by atoms with Crippen molar-refractivity contribution in [2.45, 2.75) is 44.5 Å². The zero-order valence-electron chi connectivity index (χ0n) is 10.6. The van der Waals surface area contributed by atoms with E-state index >= 15 is 0 Å². The van der Waals surface area contributed by atoms with Crippen LogP contribution in [0.25, 0.3) is 0 Å². The molecule has 2 rings (SSSR count). The molecule has 1 fully saturated rings. The minimum absolute atomic E-state index is 0.0447. The molecule has 0 aromatic carbocycles. The van der Waals surface area contributed by atoms with Crippen molar-refractivity contribution in [2.24, 2.45) is 0 Å². The fraction of sp³-hybridized carbons (Fsp3) is 0.727. The molecule has 0 radical (unpaired) electrons. The first-order valence-corrected chi connectivity index (χ1v) is 7.77. The molecule has 7 heteroatoms. The van der Waals surface area contributed by atoms with Gasteiger partial charge in [0.1, 0.15) is 17.2 Å². The summed E-state index contributed by atoms with van der Waals surface area (Å²) in [4.78, 5) is 0. The van der Waals surface area contributed by atoms with E-state index in [2.05, 4.69) is 15.2 Å². The lowest BCUT2D eigenvalue weighted by Gasteiger charge is -2.30. The number of hydrogen-bond donors (Lipinski definition) is 2. The van der Waals surface area contributed by atoms with Gasteiger partial charge in [-0.3, -0.25) is 0 Å². The fourth-order valence-electron chi connectivity index (χ4n) is 2.16. The van der Waals surface area contributed by atoms with Gasteiger partial charge >= 0.3 is 0 Å². The Balaban J connectivity index is 1.98. The van der Waals surface area contributed by atoms with E-state index in [4.69, 9.17) is 4.52 Å². The molecule has 0 spiro atoms. The molecule has 0 aliphatic carbocycles. The Morgan fingerprint density at radius 2 is 2.39 bits per heavy atom. The van der Waals surface area contributed by atoms with Crippen LogP contribution in [-0.4, -0.2) is 32.2 Å². The molecule has 1 aromatic heterocycles. The predicted octanol–water partition coefficient (Wildman–Crippen LogP) is 0.543. The molecule has 2 heterocycles. The van der Waals surface area contributed by atoms with Crippen LogP contribution >= 0.6 is 0 Å². The molecule has 0 bridgehead atoms. The first kappa shape index (κ1) is 13.5. The molecular weight excluding hydrogens is 254 g/mol. The van der Waals surface area contributed by atoms with Crippen molar-refractivity contribution in [3.05, 3.63) is 17.5 Å². The number of aromatic nitrogens is 1. The van der Waals surface area contributed by atoms with Crippen LogP contribution in [0.5, 0.6) is 0 Å². The highest BCUT2D eigenvalue weighted by Crippen LogP contribution is 2.12. The van der Waals surface area contributed by atoms with Gasteiger partial charge < -0.3 is 9.84 Å². The van der Waals surface area contributed by atoms with Gasteiger partial charge in [-0.2, -0.15) is 0 Å². The number of hydrogen-bond acceptors (Lipinski definition) is 5. The molecule has 1 aliphatic rings. The summed E-state index contributed by atoms with van der Waals surface area (Å²) in [5.41, 5.74) is 0.441. The summed E-state index contributed by atoms with van der Waals surface area (Å²) in [6.07, 6.45) is 1.85. The van der Waals surface area contributed by atoms with E-state index in [1.165, 1.54) is 0 Å². The number of rotatable bonds is 4. The lowest BCUT2D eigenvalue weighted by molar-refractivity contribution is 0.348. The van der Waals surface area contributed by atoms with Gasteiger partial charge in [0.25, 0.3) is 0 Å². The van der Waals surface area contributed by atoms with Crippen molar-refractivity contribution in [3.8, 4) is 0 Å². The Labute approximate surface area is 107 Å². The molecule has 2 N–H and O–H groups in total. The molecule has 102 valence electrons. The third-order valence-electron chi connectivity index (χ3n) is 3.11. The van der Waals surface area contributed by atoms with Gasteiger partial charge in [-0.05, 0) is 33.2 Å². The van der Waals surface area contributed by atoms with E-state index in [1.807, 2.05) is 6.92 Å². The maximum Gasteiger partial charge on any atom is 0.217 e. The highest BCUT2D eigenvalue weighted by molar-refractivity contribution is 7.88. The van der Waals surface area contributed by atoms with Crippen LogP contribution in [-0.2, 0) is 15.8 Å². The van der Waals surface area contributed by atoms with Crippen LogP contribution in [0.15, 0.2) is 10.6 Å². The number of nitrogens with zero attached hydrogens (tertiary/aromatic N) is 1. The topological polar surface area (TPSA) is 84.2 Å². The van der Waals surface area contributed by atoms with Gasteiger partial charge in [-0.15, -0.1) is 0 Å². The van der Waals surface area contributed by atoms with Gasteiger partial charge in [-0.1, -0.05) is 5.16 Å². The lowest BCUT2D eigenvalue weighted by Crippen LogP contribution is -2.52. The second-order valence-electron chi connectivity index (χ2n) is 4.80. The summed E-state index contributed by atoms with van der Waals surface area (Å²) >= 11 is 0. The van der Waals surface area contributed by atoms with Crippen molar-refractivity contribution >= 4 is 10.0 Å². The maximum atomic E-state index is 12.0. The minimum Gasteiger partial charge on any atom is -0.361 e. The Morgan fingerprint density at radius 3 is 3.00 bits per heavy atom. The Morgan fingerprint density at radius 1 is 1.61 bits per heavy atom. The molecule has 18 heavy (non-hydrogen) atoms. The van der Waals surface area contributed by atoms with Crippen LogP contribution in [0.4, 0.5) is 0 Å². The number of sulfonamides is 1. The maximum absolute atomic E-state index is 12.0. The van der Waals surface area contributed by atoms with Crippen LogP contribution in [0.3, 0.4) is 0 Å².